The molecule has 4 heteroatoms. The minimum Gasteiger partial charge on any atom is -0.410 e. The number of nitrogens with one attached hydrogen (secondary N) is 1. The van der Waals surface area contributed by atoms with Crippen LogP contribution in [0.1, 0.15) is 13.8 Å². The molecule has 0 saturated carbocycles. The molecule has 1 heterocycles. The van der Waals surface area contributed by atoms with Gasteiger partial charge in [0.1, 0.15) is 5.75 Å². The molecule has 0 atom stereocenters. The summed E-state index contributed by atoms with van der Waals surface area (Å²) in [7, 11) is 0. The second kappa shape index (κ2) is 5.48. The highest BCUT2D eigenvalue weighted by molar-refractivity contribution is 6.07. The third kappa shape index (κ3) is 2.44. The van der Waals surface area contributed by atoms with E-state index in [1.807, 2.05) is 50.2 Å². The normalized spacial score (nSPS) is 11.0. The van der Waals surface area contributed by atoms with Crippen molar-refractivity contribution in [2.45, 2.75) is 13.8 Å². The maximum absolute atomic E-state index is 12.0. The van der Waals surface area contributed by atoms with E-state index in [0.717, 1.165) is 16.4 Å². The van der Waals surface area contributed by atoms with Crippen molar-refractivity contribution in [2.24, 2.45) is 0 Å². The molecule has 0 aliphatic rings. The number of benzene rings is 2. The van der Waals surface area contributed by atoms with Gasteiger partial charge in [0, 0.05) is 35.4 Å². The number of fused-ring (bicyclic) bond motifs is 3. The maximum Gasteiger partial charge on any atom is 0.415 e. The van der Waals surface area contributed by atoms with Gasteiger partial charge in [-0.25, -0.2) is 4.79 Å². The lowest BCUT2D eigenvalue weighted by molar-refractivity contribution is 0.157. The fraction of sp³-hybridized carbons (Fsp3) is 0.235. The second-order valence-electron chi connectivity index (χ2n) is 4.92. The van der Waals surface area contributed by atoms with Gasteiger partial charge >= 0.3 is 6.09 Å². The number of aromatic amines is 1. The molecular formula is C17H18N2O2. The van der Waals surface area contributed by atoms with Crippen LogP contribution < -0.4 is 4.74 Å². The highest BCUT2D eigenvalue weighted by atomic mass is 16.6. The predicted molar refractivity (Wildman–Crippen MR) is 84.7 cm³/mol. The van der Waals surface area contributed by atoms with Crippen molar-refractivity contribution < 1.29 is 9.53 Å². The Morgan fingerprint density at radius 1 is 1.05 bits per heavy atom. The largest absolute Gasteiger partial charge is 0.415 e. The fourth-order valence-corrected chi connectivity index (χ4v) is 2.54. The molecule has 0 unspecified atom stereocenters. The van der Waals surface area contributed by atoms with E-state index in [9.17, 15) is 4.79 Å². The van der Waals surface area contributed by atoms with Crippen LogP contribution >= 0.6 is 0 Å². The molecule has 0 radical (unpaired) electrons. The van der Waals surface area contributed by atoms with Crippen LogP contribution in [0.2, 0.25) is 0 Å². The molecule has 0 spiro atoms. The molecular weight excluding hydrogens is 264 g/mol. The lowest BCUT2D eigenvalue weighted by Gasteiger charge is -2.17. The molecule has 4 nitrogen and oxygen atoms in total. The van der Waals surface area contributed by atoms with E-state index in [-0.39, 0.29) is 6.09 Å². The van der Waals surface area contributed by atoms with Gasteiger partial charge < -0.3 is 14.6 Å². The molecule has 0 saturated heterocycles. The molecule has 0 aliphatic heterocycles. The highest BCUT2D eigenvalue weighted by Gasteiger charge is 2.12. The zero-order chi connectivity index (χ0) is 14.8. The van der Waals surface area contributed by atoms with Crippen molar-refractivity contribution in [3.05, 3.63) is 42.5 Å². The average molecular weight is 282 g/mol. The topological polar surface area (TPSA) is 45.3 Å². The Morgan fingerprint density at radius 3 is 2.52 bits per heavy atom. The minimum absolute atomic E-state index is 0.310. The Hall–Kier alpha value is -2.49. The number of para-hydroxylation sites is 1. The summed E-state index contributed by atoms with van der Waals surface area (Å²) < 4.78 is 5.43. The first-order chi connectivity index (χ1) is 10.2. The number of ether oxygens (including phenoxy) is 1. The van der Waals surface area contributed by atoms with Crippen molar-refractivity contribution >= 4 is 27.9 Å². The lowest BCUT2D eigenvalue weighted by atomic mass is 10.1. The summed E-state index contributed by atoms with van der Waals surface area (Å²) >= 11 is 0. The fourth-order valence-electron chi connectivity index (χ4n) is 2.54. The number of carbonyl (C=O) groups is 1. The van der Waals surface area contributed by atoms with Crippen LogP contribution in [0.5, 0.6) is 5.75 Å². The summed E-state index contributed by atoms with van der Waals surface area (Å²) in [6.45, 7) is 5.16. The summed E-state index contributed by atoms with van der Waals surface area (Å²) in [4.78, 5) is 17.0. The van der Waals surface area contributed by atoms with Crippen LogP contribution in [0.3, 0.4) is 0 Å². The Labute approximate surface area is 123 Å². The van der Waals surface area contributed by atoms with Gasteiger partial charge in [-0.1, -0.05) is 18.2 Å². The van der Waals surface area contributed by atoms with E-state index in [2.05, 4.69) is 11.1 Å². The van der Waals surface area contributed by atoms with Gasteiger partial charge in [0.2, 0.25) is 0 Å². The molecule has 0 aliphatic carbocycles. The van der Waals surface area contributed by atoms with E-state index in [4.69, 9.17) is 4.74 Å². The smallest absolute Gasteiger partial charge is 0.410 e. The molecule has 3 aromatic rings. The molecule has 1 aromatic heterocycles. The van der Waals surface area contributed by atoms with Crippen LogP contribution in [-0.4, -0.2) is 29.1 Å². The Bertz CT molecular complexity index is 788. The number of hydrogen-bond donors (Lipinski definition) is 1. The van der Waals surface area contributed by atoms with Crippen LogP contribution in [-0.2, 0) is 0 Å². The SMILES string of the molecule is CCN(CC)C(=O)Oc1ccc2c(c1)[nH]c1ccccc12. The van der Waals surface area contributed by atoms with Crippen molar-refractivity contribution in [1.82, 2.24) is 9.88 Å². The van der Waals surface area contributed by atoms with E-state index in [1.165, 1.54) is 5.39 Å². The molecule has 108 valence electrons. The van der Waals surface area contributed by atoms with Gasteiger partial charge in [0.15, 0.2) is 0 Å². The number of aromatic nitrogens is 1. The third-order valence-corrected chi connectivity index (χ3v) is 3.70. The summed E-state index contributed by atoms with van der Waals surface area (Å²) in [5, 5.41) is 2.31. The van der Waals surface area contributed by atoms with Gasteiger partial charge in [0.25, 0.3) is 0 Å². The standard InChI is InChI=1S/C17H18N2O2/c1-3-19(4-2)17(20)21-12-9-10-14-13-7-5-6-8-15(13)18-16(14)11-12/h5-11,18H,3-4H2,1-2H3. The van der Waals surface area contributed by atoms with E-state index in [0.29, 0.717) is 18.8 Å². The third-order valence-electron chi connectivity index (χ3n) is 3.70. The first-order valence-corrected chi connectivity index (χ1v) is 7.20. The summed E-state index contributed by atoms with van der Waals surface area (Å²) in [5.41, 5.74) is 2.06. The minimum atomic E-state index is -0.310. The molecule has 21 heavy (non-hydrogen) atoms. The van der Waals surface area contributed by atoms with Crippen LogP contribution in [0.15, 0.2) is 42.5 Å². The Morgan fingerprint density at radius 2 is 1.76 bits per heavy atom. The first-order valence-electron chi connectivity index (χ1n) is 7.20. The van der Waals surface area contributed by atoms with Crippen LogP contribution in [0, 0.1) is 0 Å². The van der Waals surface area contributed by atoms with Crippen molar-refractivity contribution in [1.29, 1.82) is 0 Å². The van der Waals surface area contributed by atoms with E-state index < -0.39 is 0 Å². The average Bonchev–Trinajstić information content (AvgIpc) is 2.86. The number of carbonyl (C=O) groups excluding carboxylic acids is 1. The molecule has 0 fully saturated rings. The number of hydrogen-bond acceptors (Lipinski definition) is 2. The summed E-state index contributed by atoms with van der Waals surface area (Å²) in [6, 6.07) is 13.8. The zero-order valence-electron chi connectivity index (χ0n) is 12.2. The van der Waals surface area contributed by atoms with E-state index >= 15 is 0 Å². The van der Waals surface area contributed by atoms with Crippen LogP contribution in [0.25, 0.3) is 21.8 Å². The summed E-state index contributed by atoms with van der Waals surface area (Å²) in [5.74, 6) is 0.561. The summed E-state index contributed by atoms with van der Waals surface area (Å²) in [6.07, 6.45) is -0.310. The van der Waals surface area contributed by atoms with Gasteiger partial charge in [-0.05, 0) is 32.0 Å². The van der Waals surface area contributed by atoms with Crippen molar-refractivity contribution in [2.75, 3.05) is 13.1 Å². The second-order valence-corrected chi connectivity index (χ2v) is 4.92. The maximum atomic E-state index is 12.0. The molecule has 2 aromatic carbocycles. The number of amides is 1. The van der Waals surface area contributed by atoms with Gasteiger partial charge in [-0.2, -0.15) is 0 Å². The van der Waals surface area contributed by atoms with Crippen LogP contribution in [0.4, 0.5) is 4.79 Å². The van der Waals surface area contributed by atoms with Crippen molar-refractivity contribution in [3.63, 3.8) is 0 Å². The number of rotatable bonds is 3. The Balaban J connectivity index is 1.94. The Kier molecular flexibility index (Phi) is 3.52. The first kappa shape index (κ1) is 13.5. The number of H-pyrrole nitrogens is 1. The zero-order valence-corrected chi connectivity index (χ0v) is 12.2. The molecule has 0 bridgehead atoms. The van der Waals surface area contributed by atoms with Gasteiger partial charge in [-0.15, -0.1) is 0 Å². The monoisotopic (exact) mass is 282 g/mol. The van der Waals surface area contributed by atoms with Crippen molar-refractivity contribution in [3.8, 4) is 5.75 Å². The lowest BCUT2D eigenvalue weighted by Crippen LogP contribution is -2.33. The highest BCUT2D eigenvalue weighted by Crippen LogP contribution is 2.28. The molecule has 3 rings (SSSR count). The predicted octanol–water partition coefficient (Wildman–Crippen LogP) is 4.16. The molecule has 1 amide bonds. The van der Waals surface area contributed by atoms with Gasteiger partial charge in [-0.3, -0.25) is 0 Å². The van der Waals surface area contributed by atoms with Gasteiger partial charge in [0.05, 0.1) is 5.52 Å². The molecule has 1 N–H and O–H groups in total. The number of nitrogens with zero attached hydrogens (tertiary/aromatic N) is 1. The quantitative estimate of drug-likeness (QED) is 0.784. The van der Waals surface area contributed by atoms with E-state index in [1.54, 1.807) is 4.90 Å².